The van der Waals surface area contributed by atoms with Crippen molar-refractivity contribution in [2.24, 2.45) is 5.92 Å². The molecule has 0 aliphatic carbocycles. The largest absolute Gasteiger partial charge is 0.339 e. The minimum Gasteiger partial charge on any atom is -0.339 e. The molecule has 2 aliphatic rings. The monoisotopic (exact) mass is 285 g/mol. The zero-order valence-electron chi connectivity index (χ0n) is 12.6. The number of aryl methyl sites for hydroxylation is 1. The van der Waals surface area contributed by atoms with Gasteiger partial charge in [-0.05, 0) is 57.2 Å². The lowest BCUT2D eigenvalue weighted by Crippen LogP contribution is -2.41. The number of hydrogen-bond donors (Lipinski definition) is 1. The molecular formula is C16H23N5. The fourth-order valence-electron chi connectivity index (χ4n) is 3.77. The van der Waals surface area contributed by atoms with Gasteiger partial charge in [-0.15, -0.1) is 5.10 Å². The van der Waals surface area contributed by atoms with E-state index in [1.54, 1.807) is 0 Å². The van der Waals surface area contributed by atoms with Gasteiger partial charge in [-0.3, -0.25) is 0 Å². The van der Waals surface area contributed by atoms with E-state index in [9.17, 15) is 0 Å². The molecular weight excluding hydrogens is 262 g/mol. The van der Waals surface area contributed by atoms with Crippen molar-refractivity contribution in [3.63, 3.8) is 0 Å². The molecule has 4 heterocycles. The van der Waals surface area contributed by atoms with Gasteiger partial charge < -0.3 is 10.2 Å². The van der Waals surface area contributed by atoms with Gasteiger partial charge in [0.1, 0.15) is 0 Å². The lowest BCUT2D eigenvalue weighted by Gasteiger charge is -2.34. The van der Waals surface area contributed by atoms with Crippen molar-refractivity contribution >= 4 is 11.6 Å². The lowest BCUT2D eigenvalue weighted by molar-refractivity contribution is 0.317. The zero-order chi connectivity index (χ0) is 14.2. The van der Waals surface area contributed by atoms with Crippen LogP contribution in [0.4, 0.5) is 5.95 Å². The lowest BCUT2D eigenvalue weighted by atomic mass is 9.89. The highest BCUT2D eigenvalue weighted by Gasteiger charge is 2.29. The van der Waals surface area contributed by atoms with Crippen molar-refractivity contribution in [1.29, 1.82) is 0 Å². The number of nitrogens with one attached hydrogen (secondary N) is 1. The Hall–Kier alpha value is -1.62. The third-order valence-electron chi connectivity index (χ3n) is 5.03. The molecule has 4 rings (SSSR count). The summed E-state index contributed by atoms with van der Waals surface area (Å²) in [5.74, 6) is 1.73. The minimum absolute atomic E-state index is 0.753. The maximum absolute atomic E-state index is 4.68. The molecule has 0 radical (unpaired) electrons. The van der Waals surface area contributed by atoms with Crippen molar-refractivity contribution in [2.75, 3.05) is 24.5 Å². The van der Waals surface area contributed by atoms with Crippen LogP contribution < -0.4 is 10.2 Å². The van der Waals surface area contributed by atoms with E-state index in [-0.39, 0.29) is 0 Å². The topological polar surface area (TPSA) is 45.5 Å². The standard InChI is InChI=1S/C16H23N5/c1-12-4-2-6-15-18-16(19-21(12)15)20-10-7-13(8-11-20)14-5-3-9-17-14/h2,4,6,13-14,17H,3,5,7-11H2,1H3. The Kier molecular flexibility index (Phi) is 3.30. The van der Waals surface area contributed by atoms with Gasteiger partial charge in [0, 0.05) is 24.8 Å². The van der Waals surface area contributed by atoms with Gasteiger partial charge in [0.2, 0.25) is 5.95 Å². The Morgan fingerprint density at radius 2 is 2.05 bits per heavy atom. The van der Waals surface area contributed by atoms with Crippen LogP contribution in [0.2, 0.25) is 0 Å². The van der Waals surface area contributed by atoms with E-state index in [1.165, 1.54) is 32.2 Å². The van der Waals surface area contributed by atoms with Crippen LogP contribution >= 0.6 is 0 Å². The van der Waals surface area contributed by atoms with Crippen LogP contribution in [0.15, 0.2) is 18.2 Å². The van der Waals surface area contributed by atoms with Crippen molar-refractivity contribution in [1.82, 2.24) is 19.9 Å². The molecule has 1 atom stereocenters. The molecule has 1 N–H and O–H groups in total. The molecule has 5 heteroatoms. The van der Waals surface area contributed by atoms with Gasteiger partial charge in [-0.2, -0.15) is 4.98 Å². The molecule has 2 fully saturated rings. The molecule has 0 amide bonds. The molecule has 0 saturated carbocycles. The van der Waals surface area contributed by atoms with E-state index in [0.29, 0.717) is 0 Å². The summed E-state index contributed by atoms with van der Waals surface area (Å²) in [5, 5.41) is 8.33. The number of anilines is 1. The average Bonchev–Trinajstić information content (AvgIpc) is 3.18. The van der Waals surface area contributed by atoms with Crippen LogP contribution in [0, 0.1) is 12.8 Å². The molecule has 2 saturated heterocycles. The van der Waals surface area contributed by atoms with Crippen LogP contribution in [0.1, 0.15) is 31.4 Å². The smallest absolute Gasteiger partial charge is 0.245 e. The van der Waals surface area contributed by atoms with Crippen molar-refractivity contribution in [2.45, 2.75) is 38.6 Å². The zero-order valence-corrected chi connectivity index (χ0v) is 12.6. The predicted octanol–water partition coefficient (Wildman–Crippen LogP) is 2.01. The third-order valence-corrected chi connectivity index (χ3v) is 5.03. The first-order chi connectivity index (χ1) is 10.3. The molecule has 2 aromatic heterocycles. The van der Waals surface area contributed by atoms with E-state index in [4.69, 9.17) is 0 Å². The van der Waals surface area contributed by atoms with Crippen LogP contribution in [-0.2, 0) is 0 Å². The van der Waals surface area contributed by atoms with E-state index in [1.807, 2.05) is 16.6 Å². The summed E-state index contributed by atoms with van der Waals surface area (Å²) in [6.45, 7) is 5.44. The Bertz CT molecular complexity index is 621. The number of piperidine rings is 1. The highest BCUT2D eigenvalue weighted by Crippen LogP contribution is 2.27. The van der Waals surface area contributed by atoms with Gasteiger partial charge in [0.25, 0.3) is 0 Å². The highest BCUT2D eigenvalue weighted by molar-refractivity contribution is 5.45. The normalized spacial score (nSPS) is 24.0. The molecule has 0 bridgehead atoms. The second-order valence-electron chi connectivity index (χ2n) is 6.38. The molecule has 5 nitrogen and oxygen atoms in total. The first-order valence-corrected chi connectivity index (χ1v) is 8.12. The summed E-state index contributed by atoms with van der Waals surface area (Å²) in [5.41, 5.74) is 2.08. The fourth-order valence-corrected chi connectivity index (χ4v) is 3.77. The van der Waals surface area contributed by atoms with Crippen molar-refractivity contribution < 1.29 is 0 Å². The number of nitrogens with zero attached hydrogens (tertiary/aromatic N) is 4. The number of fused-ring (bicyclic) bond motifs is 1. The summed E-state index contributed by atoms with van der Waals surface area (Å²) in [6, 6.07) is 6.90. The predicted molar refractivity (Wildman–Crippen MR) is 83.7 cm³/mol. The maximum atomic E-state index is 4.68. The summed E-state index contributed by atoms with van der Waals surface area (Å²) >= 11 is 0. The van der Waals surface area contributed by atoms with Crippen molar-refractivity contribution in [3.05, 3.63) is 23.9 Å². The highest BCUT2D eigenvalue weighted by atomic mass is 15.4. The Morgan fingerprint density at radius 1 is 1.19 bits per heavy atom. The van der Waals surface area contributed by atoms with Gasteiger partial charge in [-0.1, -0.05) is 6.07 Å². The van der Waals surface area contributed by atoms with Gasteiger partial charge in [0.15, 0.2) is 5.65 Å². The summed E-state index contributed by atoms with van der Waals surface area (Å²) < 4.78 is 1.94. The SMILES string of the molecule is Cc1cccc2nc(N3CCC(C4CCCN4)CC3)nn12. The van der Waals surface area contributed by atoms with E-state index in [0.717, 1.165) is 42.3 Å². The quantitative estimate of drug-likeness (QED) is 0.917. The van der Waals surface area contributed by atoms with Gasteiger partial charge in [-0.25, -0.2) is 4.52 Å². The number of aromatic nitrogens is 3. The maximum Gasteiger partial charge on any atom is 0.245 e. The fraction of sp³-hybridized carbons (Fsp3) is 0.625. The van der Waals surface area contributed by atoms with Crippen LogP contribution in [0.5, 0.6) is 0 Å². The summed E-state index contributed by atoms with van der Waals surface area (Å²) in [7, 11) is 0. The van der Waals surface area contributed by atoms with Crippen LogP contribution in [0.3, 0.4) is 0 Å². The first-order valence-electron chi connectivity index (χ1n) is 8.12. The molecule has 2 aliphatic heterocycles. The number of hydrogen-bond acceptors (Lipinski definition) is 4. The minimum atomic E-state index is 0.753. The molecule has 0 spiro atoms. The van der Waals surface area contributed by atoms with Gasteiger partial charge in [0.05, 0.1) is 0 Å². The van der Waals surface area contributed by atoms with Crippen LogP contribution in [0.25, 0.3) is 5.65 Å². The van der Waals surface area contributed by atoms with E-state index in [2.05, 4.69) is 33.3 Å². The molecule has 21 heavy (non-hydrogen) atoms. The van der Waals surface area contributed by atoms with Gasteiger partial charge >= 0.3 is 0 Å². The molecule has 1 unspecified atom stereocenters. The van der Waals surface area contributed by atoms with Crippen molar-refractivity contribution in [3.8, 4) is 0 Å². The Morgan fingerprint density at radius 3 is 2.76 bits per heavy atom. The molecule has 112 valence electrons. The average molecular weight is 285 g/mol. The third kappa shape index (κ3) is 2.39. The Balaban J connectivity index is 1.48. The first kappa shape index (κ1) is 13.1. The summed E-state index contributed by atoms with van der Waals surface area (Å²) in [4.78, 5) is 7.03. The number of rotatable bonds is 2. The molecule has 0 aromatic carbocycles. The number of pyridine rings is 1. The van der Waals surface area contributed by atoms with E-state index >= 15 is 0 Å². The van der Waals surface area contributed by atoms with Crippen LogP contribution in [-0.4, -0.2) is 40.3 Å². The molecule has 2 aromatic rings. The second kappa shape index (κ2) is 5.30. The van der Waals surface area contributed by atoms with E-state index < -0.39 is 0 Å². The second-order valence-corrected chi connectivity index (χ2v) is 6.38. The summed E-state index contributed by atoms with van der Waals surface area (Å²) in [6.07, 6.45) is 5.22. The Labute approximate surface area is 125 Å².